The van der Waals surface area contributed by atoms with Gasteiger partial charge < -0.3 is 24.9 Å². The summed E-state index contributed by atoms with van der Waals surface area (Å²) >= 11 is 0. The number of urea groups is 1. The van der Waals surface area contributed by atoms with Crippen LogP contribution in [0, 0.1) is 5.82 Å². The van der Waals surface area contributed by atoms with Crippen molar-refractivity contribution in [3.63, 3.8) is 0 Å². The maximum absolute atomic E-state index is 13.2. The summed E-state index contributed by atoms with van der Waals surface area (Å²) in [6, 6.07) is 23.2. The zero-order valence-electron chi connectivity index (χ0n) is 19.8. The number of anilines is 2. The molecule has 2 amide bonds. The summed E-state index contributed by atoms with van der Waals surface area (Å²) < 4.78 is 18.8. The fraction of sp³-hybridized carbons (Fsp3) is 0.214. The smallest absolute Gasteiger partial charge is 0.315 e. The van der Waals surface area contributed by atoms with Crippen molar-refractivity contribution >= 4 is 17.5 Å². The number of carbonyl (C=O) groups is 1. The molecule has 1 aliphatic heterocycles. The topological polar surface area (TPSA) is 73.6 Å². The number of nitrogens with one attached hydrogen (secondary N) is 2. The van der Waals surface area contributed by atoms with Gasteiger partial charge in [0.2, 0.25) is 0 Å². The first-order chi connectivity index (χ1) is 17.7. The lowest BCUT2D eigenvalue weighted by Gasteiger charge is -2.36. The molecule has 0 radical (unpaired) electrons. The molecule has 2 aromatic heterocycles. The van der Waals surface area contributed by atoms with Crippen LogP contribution in [0.5, 0.6) is 0 Å². The van der Waals surface area contributed by atoms with Gasteiger partial charge in [-0.15, -0.1) is 0 Å². The summed E-state index contributed by atoms with van der Waals surface area (Å²) in [6.07, 6.45) is 3.37. The number of pyridine rings is 1. The number of amides is 2. The second-order valence-electron chi connectivity index (χ2n) is 8.66. The number of hydrogen-bond donors (Lipinski definition) is 2. The van der Waals surface area contributed by atoms with E-state index >= 15 is 0 Å². The zero-order chi connectivity index (χ0) is 24.7. The minimum absolute atomic E-state index is 0.225. The van der Waals surface area contributed by atoms with E-state index < -0.39 is 0 Å². The summed E-state index contributed by atoms with van der Waals surface area (Å²) in [4.78, 5) is 21.8. The third-order valence-corrected chi connectivity index (χ3v) is 6.29. The molecule has 4 aromatic rings. The highest BCUT2D eigenvalue weighted by atomic mass is 19.1. The van der Waals surface area contributed by atoms with Gasteiger partial charge in [-0.3, -0.25) is 0 Å². The van der Waals surface area contributed by atoms with E-state index in [2.05, 4.69) is 25.4 Å². The van der Waals surface area contributed by atoms with E-state index in [-0.39, 0.29) is 17.9 Å². The summed E-state index contributed by atoms with van der Waals surface area (Å²) in [5, 5.41) is 5.96. The predicted octanol–water partition coefficient (Wildman–Crippen LogP) is 4.73. The van der Waals surface area contributed by atoms with E-state index in [0.29, 0.717) is 12.3 Å². The van der Waals surface area contributed by atoms with Gasteiger partial charge in [-0.05, 0) is 59.7 Å². The van der Waals surface area contributed by atoms with Crippen LogP contribution < -0.4 is 20.4 Å². The first-order valence-electron chi connectivity index (χ1n) is 12.0. The zero-order valence-corrected chi connectivity index (χ0v) is 19.8. The van der Waals surface area contributed by atoms with Gasteiger partial charge >= 0.3 is 6.03 Å². The minimum Gasteiger partial charge on any atom is -0.467 e. The molecule has 0 aliphatic carbocycles. The van der Waals surface area contributed by atoms with Crippen LogP contribution >= 0.6 is 0 Å². The lowest BCUT2D eigenvalue weighted by Crippen LogP contribution is -2.46. The second kappa shape index (κ2) is 10.9. The van der Waals surface area contributed by atoms with Gasteiger partial charge in [-0.1, -0.05) is 30.3 Å². The monoisotopic (exact) mass is 485 g/mol. The number of benzene rings is 2. The van der Waals surface area contributed by atoms with E-state index in [4.69, 9.17) is 4.42 Å². The van der Waals surface area contributed by atoms with Crippen LogP contribution in [0.25, 0.3) is 0 Å². The Bertz CT molecular complexity index is 1260. The quantitative estimate of drug-likeness (QED) is 0.396. The lowest BCUT2D eigenvalue weighted by atomic mass is 10.1. The highest BCUT2D eigenvalue weighted by molar-refractivity contribution is 5.75. The molecule has 36 heavy (non-hydrogen) atoms. The van der Waals surface area contributed by atoms with Gasteiger partial charge in [-0.2, -0.15) is 0 Å². The summed E-state index contributed by atoms with van der Waals surface area (Å²) in [5.74, 6) is 1.32. The molecule has 1 fully saturated rings. The Kier molecular flexibility index (Phi) is 7.12. The van der Waals surface area contributed by atoms with Crippen LogP contribution in [-0.4, -0.2) is 37.2 Å². The Balaban J connectivity index is 1.17. The normalized spacial score (nSPS) is 14.4. The summed E-state index contributed by atoms with van der Waals surface area (Å²) in [6.45, 7) is 3.64. The number of furan rings is 1. The van der Waals surface area contributed by atoms with E-state index in [1.807, 2.05) is 66.7 Å². The van der Waals surface area contributed by atoms with Crippen LogP contribution in [0.15, 0.2) is 95.7 Å². The number of halogens is 1. The van der Waals surface area contributed by atoms with Crippen molar-refractivity contribution in [3.05, 3.63) is 114 Å². The Labute approximate surface area is 209 Å². The predicted molar refractivity (Wildman–Crippen MR) is 137 cm³/mol. The highest BCUT2D eigenvalue weighted by Crippen LogP contribution is 2.23. The van der Waals surface area contributed by atoms with Crippen molar-refractivity contribution in [3.8, 4) is 0 Å². The van der Waals surface area contributed by atoms with Gasteiger partial charge in [0.1, 0.15) is 23.4 Å². The molecule has 2 N–H and O–H groups in total. The molecule has 3 heterocycles. The third-order valence-electron chi connectivity index (χ3n) is 6.29. The van der Waals surface area contributed by atoms with Crippen LogP contribution in [0.4, 0.5) is 20.7 Å². The average Bonchev–Trinajstić information content (AvgIpc) is 3.47. The molecule has 184 valence electrons. The van der Waals surface area contributed by atoms with Crippen molar-refractivity contribution in [2.45, 2.75) is 12.6 Å². The molecule has 5 rings (SSSR count). The standard InChI is InChI=1S/C28H28FN5O2/c29-23-8-10-24(11-9-23)33-14-16-34(17-15-33)26-19-21(12-13-30-26)20-31-28(35)32-27(25-7-4-18-36-25)22-5-2-1-3-6-22/h1-13,18-19,27H,14-17,20H2,(H2,31,32,35). The number of piperazine rings is 1. The highest BCUT2D eigenvalue weighted by Gasteiger charge is 2.20. The molecule has 1 atom stereocenters. The van der Waals surface area contributed by atoms with Crippen molar-refractivity contribution in [2.75, 3.05) is 36.0 Å². The molecule has 8 heteroatoms. The Morgan fingerprint density at radius 1 is 0.944 bits per heavy atom. The van der Waals surface area contributed by atoms with Gasteiger partial charge in [0, 0.05) is 44.6 Å². The molecule has 0 bridgehead atoms. The van der Waals surface area contributed by atoms with Crippen LogP contribution in [0.3, 0.4) is 0 Å². The van der Waals surface area contributed by atoms with Crippen LogP contribution in [-0.2, 0) is 6.54 Å². The van der Waals surface area contributed by atoms with E-state index in [9.17, 15) is 9.18 Å². The van der Waals surface area contributed by atoms with Gasteiger partial charge in [0.15, 0.2) is 0 Å². The number of carbonyl (C=O) groups excluding carboxylic acids is 1. The lowest BCUT2D eigenvalue weighted by molar-refractivity contribution is 0.237. The molecular formula is C28H28FN5O2. The molecule has 7 nitrogen and oxygen atoms in total. The van der Waals surface area contributed by atoms with E-state index in [1.54, 1.807) is 12.5 Å². The van der Waals surface area contributed by atoms with Gasteiger partial charge in [0.25, 0.3) is 0 Å². The maximum Gasteiger partial charge on any atom is 0.315 e. The Hall–Kier alpha value is -4.33. The number of aromatic nitrogens is 1. The van der Waals surface area contributed by atoms with E-state index in [1.165, 1.54) is 12.1 Å². The molecular weight excluding hydrogens is 457 g/mol. The van der Waals surface area contributed by atoms with Crippen LogP contribution in [0.2, 0.25) is 0 Å². The number of hydrogen-bond acceptors (Lipinski definition) is 5. The van der Waals surface area contributed by atoms with Crippen molar-refractivity contribution in [1.82, 2.24) is 15.6 Å². The summed E-state index contributed by atoms with van der Waals surface area (Å²) in [5.41, 5.74) is 2.93. The summed E-state index contributed by atoms with van der Waals surface area (Å²) in [7, 11) is 0. The molecule has 0 spiro atoms. The molecule has 1 aliphatic rings. The number of rotatable bonds is 7. The van der Waals surface area contributed by atoms with Crippen molar-refractivity contribution in [1.29, 1.82) is 0 Å². The average molecular weight is 486 g/mol. The SMILES string of the molecule is O=C(NCc1ccnc(N2CCN(c3ccc(F)cc3)CC2)c1)NC(c1ccccc1)c1ccco1. The van der Waals surface area contributed by atoms with Gasteiger partial charge in [-0.25, -0.2) is 14.2 Å². The Morgan fingerprint density at radius 3 is 2.42 bits per heavy atom. The van der Waals surface area contributed by atoms with E-state index in [0.717, 1.165) is 48.8 Å². The fourth-order valence-electron chi connectivity index (χ4n) is 4.37. The molecule has 2 aromatic carbocycles. The van der Waals surface area contributed by atoms with Gasteiger partial charge in [0.05, 0.1) is 6.26 Å². The number of nitrogens with zero attached hydrogens (tertiary/aromatic N) is 3. The third kappa shape index (κ3) is 5.66. The molecule has 1 saturated heterocycles. The Morgan fingerprint density at radius 2 is 1.69 bits per heavy atom. The largest absolute Gasteiger partial charge is 0.467 e. The second-order valence-corrected chi connectivity index (χ2v) is 8.66. The molecule has 1 unspecified atom stereocenters. The minimum atomic E-state index is -0.383. The van der Waals surface area contributed by atoms with Crippen LogP contribution in [0.1, 0.15) is 22.9 Å². The maximum atomic E-state index is 13.2. The van der Waals surface area contributed by atoms with Crippen molar-refractivity contribution < 1.29 is 13.6 Å². The first-order valence-corrected chi connectivity index (χ1v) is 12.0. The molecule has 0 saturated carbocycles. The van der Waals surface area contributed by atoms with Crippen molar-refractivity contribution in [2.24, 2.45) is 0 Å². The first kappa shape index (κ1) is 23.4. The fourth-order valence-corrected chi connectivity index (χ4v) is 4.37.